The van der Waals surface area contributed by atoms with Gasteiger partial charge in [0.05, 0.1) is 10.1 Å². The van der Waals surface area contributed by atoms with E-state index < -0.39 is 10.1 Å². The Kier molecular flexibility index (Phi) is 10.4. The molecular formula is C7H17AlO5S. The summed E-state index contributed by atoms with van der Waals surface area (Å²) in [6, 6.07) is 0. The summed E-state index contributed by atoms with van der Waals surface area (Å²) in [5, 5.41) is 0. The number of hydrogen-bond donors (Lipinski definition) is 0. The fraction of sp³-hybridized carbons (Fsp3) is 1.00. The summed E-state index contributed by atoms with van der Waals surface area (Å²) < 4.78 is 37.7. The Morgan fingerprint density at radius 2 is 1.29 bits per heavy atom. The summed E-state index contributed by atoms with van der Waals surface area (Å²) in [4.78, 5) is 0. The van der Waals surface area contributed by atoms with Crippen molar-refractivity contribution in [2.24, 2.45) is 0 Å². The van der Waals surface area contributed by atoms with Crippen LogP contribution in [0.15, 0.2) is 0 Å². The maximum atomic E-state index is 9.08. The molecule has 0 aliphatic heterocycles. The Morgan fingerprint density at radius 1 is 1.07 bits per heavy atom. The van der Waals surface area contributed by atoms with E-state index in [0.29, 0.717) is 18.5 Å². The standard InChI is InChI=1S/2C3H7O.CH4O3S.Al/c2*1-3(2)4;1-5(2,3)4;/h2*3H,1-2H3;1H3,(H,2,3,4);/q2*-1;;+3/p-1. The first-order chi connectivity index (χ1) is 6.13. The Morgan fingerprint density at radius 3 is 1.43 bits per heavy atom. The summed E-state index contributed by atoms with van der Waals surface area (Å²) in [5.41, 5.74) is 0. The fourth-order valence-electron chi connectivity index (χ4n) is 0.254. The Balaban J connectivity index is 0. The molecule has 14 heavy (non-hydrogen) atoms. The molecule has 0 saturated heterocycles. The van der Waals surface area contributed by atoms with Crippen molar-refractivity contribution in [2.75, 3.05) is 6.26 Å². The molecule has 0 unspecified atom stereocenters. The Labute approximate surface area is 92.9 Å². The molecule has 0 bridgehead atoms. The van der Waals surface area contributed by atoms with E-state index in [4.69, 9.17) is 20.5 Å². The topological polar surface area (TPSA) is 75.7 Å². The minimum absolute atomic E-state index is 0.245. The average Bonchev–Trinajstić information content (AvgIpc) is 1.80. The van der Waals surface area contributed by atoms with Crippen LogP contribution in [0.1, 0.15) is 27.7 Å². The van der Waals surface area contributed by atoms with Crippen LogP contribution in [-0.4, -0.2) is 47.3 Å². The minimum Gasteiger partial charge on any atom is -0.748 e. The zero-order valence-electron chi connectivity index (χ0n) is 9.18. The Bertz CT molecular complexity index is 196. The molecule has 0 aromatic rings. The number of rotatable bonds is 4. The zero-order valence-corrected chi connectivity index (χ0v) is 11.2. The molecule has 7 heteroatoms. The van der Waals surface area contributed by atoms with E-state index in [0.717, 1.165) is 0 Å². The zero-order chi connectivity index (χ0) is 11.8. The van der Waals surface area contributed by atoms with E-state index >= 15 is 0 Å². The minimum atomic E-state index is -3.92. The van der Waals surface area contributed by atoms with E-state index in [1.54, 1.807) is 0 Å². The third-order valence-electron chi connectivity index (χ3n) is 0.655. The predicted molar refractivity (Wildman–Crippen MR) is 53.8 cm³/mol. The van der Waals surface area contributed by atoms with Crippen LogP contribution < -0.4 is 0 Å². The Hall–Kier alpha value is 0.362. The van der Waals surface area contributed by atoms with E-state index in [2.05, 4.69) is 0 Å². The molecule has 0 aliphatic rings. The van der Waals surface area contributed by atoms with Gasteiger partial charge in [-0.25, -0.2) is 8.42 Å². The van der Waals surface area contributed by atoms with Crippen molar-refractivity contribution in [3.05, 3.63) is 0 Å². The van der Waals surface area contributed by atoms with Crippen LogP contribution in [0.3, 0.4) is 0 Å². The van der Waals surface area contributed by atoms with Crippen molar-refractivity contribution in [3.8, 4) is 0 Å². The van der Waals surface area contributed by atoms with Crippen molar-refractivity contribution in [1.82, 2.24) is 0 Å². The largest absolute Gasteiger partial charge is 0.748 e. The van der Waals surface area contributed by atoms with Crippen molar-refractivity contribution >= 4 is 26.0 Å². The molecule has 5 nitrogen and oxygen atoms in total. The van der Waals surface area contributed by atoms with Gasteiger partial charge in [0.15, 0.2) is 0 Å². The van der Waals surface area contributed by atoms with Crippen molar-refractivity contribution in [3.63, 3.8) is 0 Å². The quantitative estimate of drug-likeness (QED) is 0.529. The van der Waals surface area contributed by atoms with Gasteiger partial charge in [-0.3, -0.25) is 0 Å². The molecule has 0 N–H and O–H groups in total. The molecule has 0 atom stereocenters. The van der Waals surface area contributed by atoms with Gasteiger partial charge in [0.1, 0.15) is 0 Å². The predicted octanol–water partition coefficient (Wildman–Crippen LogP) is 0.532. The van der Waals surface area contributed by atoms with Crippen LogP contribution in [0.4, 0.5) is 0 Å². The van der Waals surface area contributed by atoms with Crippen molar-refractivity contribution in [2.45, 2.75) is 39.9 Å². The second-order valence-electron chi connectivity index (χ2n) is 3.17. The SMILES string of the molecule is CC(C)[O][Al+][O]C(C)C.CS(=O)(=O)[O-]. The van der Waals surface area contributed by atoms with Gasteiger partial charge in [0, 0.05) is 6.26 Å². The van der Waals surface area contributed by atoms with Gasteiger partial charge in [-0.2, -0.15) is 0 Å². The summed E-state index contributed by atoms with van der Waals surface area (Å²) in [6.45, 7) is 8.04. The fourth-order valence-corrected chi connectivity index (χ4v) is 0.763. The third kappa shape index (κ3) is 39.4. The molecule has 0 aromatic heterocycles. The molecule has 0 rings (SSSR count). The summed E-state index contributed by atoms with van der Waals surface area (Å²) in [5.74, 6) is 0. The van der Waals surface area contributed by atoms with E-state index in [1.807, 2.05) is 27.7 Å². The van der Waals surface area contributed by atoms with E-state index in [9.17, 15) is 0 Å². The first kappa shape index (κ1) is 16.8. The molecular weight excluding hydrogens is 223 g/mol. The molecule has 0 fully saturated rings. The smallest absolute Gasteiger partial charge is 0.0916 e. The first-order valence-electron chi connectivity index (χ1n) is 4.16. The van der Waals surface area contributed by atoms with Crippen LogP contribution in [0.5, 0.6) is 0 Å². The van der Waals surface area contributed by atoms with Crippen LogP contribution in [0, 0.1) is 0 Å². The molecule has 84 valence electrons. The van der Waals surface area contributed by atoms with Gasteiger partial charge < -0.3 is 4.55 Å². The molecule has 0 aromatic carbocycles. The summed E-state index contributed by atoms with van der Waals surface area (Å²) >= 11 is -0.245. The monoisotopic (exact) mass is 240 g/mol. The molecule has 0 heterocycles. The van der Waals surface area contributed by atoms with Crippen LogP contribution in [0.2, 0.25) is 0 Å². The number of hydrogen-bond acceptors (Lipinski definition) is 5. The second kappa shape index (κ2) is 8.65. The van der Waals surface area contributed by atoms with Crippen LogP contribution >= 0.6 is 0 Å². The molecule has 0 radical (unpaired) electrons. The third-order valence-corrected chi connectivity index (χ3v) is 1.97. The van der Waals surface area contributed by atoms with Gasteiger partial charge in [0.25, 0.3) is 0 Å². The molecule has 0 aliphatic carbocycles. The van der Waals surface area contributed by atoms with Crippen molar-refractivity contribution in [1.29, 1.82) is 0 Å². The molecule has 0 spiro atoms. The first-order valence-corrected chi connectivity index (χ1v) is 6.92. The van der Waals surface area contributed by atoms with Gasteiger partial charge >= 0.3 is 63.4 Å². The molecule has 0 saturated carbocycles. The average molecular weight is 240 g/mol. The van der Waals surface area contributed by atoms with E-state index in [1.165, 1.54) is 0 Å². The normalized spacial score (nSPS) is 10.9. The van der Waals surface area contributed by atoms with Crippen LogP contribution in [-0.2, 0) is 17.7 Å². The van der Waals surface area contributed by atoms with E-state index in [-0.39, 0.29) is 15.9 Å². The van der Waals surface area contributed by atoms with Crippen molar-refractivity contribution < 1.29 is 20.5 Å². The van der Waals surface area contributed by atoms with Crippen LogP contribution in [0.25, 0.3) is 0 Å². The molecule has 0 amide bonds. The second-order valence-corrected chi connectivity index (χ2v) is 5.32. The van der Waals surface area contributed by atoms with Gasteiger partial charge in [-0.15, -0.1) is 0 Å². The maximum absolute atomic E-state index is 9.08. The summed E-state index contributed by atoms with van der Waals surface area (Å²) in [6.07, 6.45) is 1.21. The van der Waals surface area contributed by atoms with Gasteiger partial charge in [-0.1, -0.05) is 0 Å². The maximum Gasteiger partial charge on any atom is 0.0916 e. The van der Waals surface area contributed by atoms with Gasteiger partial charge in [-0.05, 0) is 0 Å². The van der Waals surface area contributed by atoms with Gasteiger partial charge in [0.2, 0.25) is 0 Å². The summed E-state index contributed by atoms with van der Waals surface area (Å²) in [7, 11) is -3.92.